The van der Waals surface area contributed by atoms with Crippen LogP contribution in [-0.2, 0) is 6.54 Å². The van der Waals surface area contributed by atoms with E-state index in [0.717, 1.165) is 16.9 Å². The molecule has 0 spiro atoms. The highest BCUT2D eigenvalue weighted by Gasteiger charge is 2.31. The molecule has 0 saturated carbocycles. The Labute approximate surface area is 196 Å². The molecular formula is C23H24N6O3S. The quantitative estimate of drug-likeness (QED) is 0.449. The molecule has 2 heterocycles. The summed E-state index contributed by atoms with van der Waals surface area (Å²) in [5, 5.41) is 4.93. The van der Waals surface area contributed by atoms with Gasteiger partial charge in [0.15, 0.2) is 0 Å². The fourth-order valence-electron chi connectivity index (χ4n) is 3.43. The van der Waals surface area contributed by atoms with Crippen LogP contribution in [0.2, 0.25) is 0 Å². The minimum absolute atomic E-state index is 0.216. The lowest BCUT2D eigenvalue weighted by Crippen LogP contribution is -2.46. The van der Waals surface area contributed by atoms with Gasteiger partial charge in [0, 0.05) is 37.0 Å². The van der Waals surface area contributed by atoms with Gasteiger partial charge in [-0.3, -0.25) is 9.80 Å². The maximum atomic E-state index is 13.2. The standard InChI is InChI=1S/C23H24N6O3S/c1-5-33-27-20-9-7-6-8-19(20)25-22-24-13-15-14-29(23(30)28(2)21(15)26-22)16-10-17(31-3)12-18(11-16)32-4/h5-13,27H,1,14H2,2-4H3,(H,24,25,26). The predicted octanol–water partition coefficient (Wildman–Crippen LogP) is 5.02. The van der Waals surface area contributed by atoms with Crippen LogP contribution in [0.3, 0.4) is 0 Å². The second kappa shape index (κ2) is 9.70. The summed E-state index contributed by atoms with van der Waals surface area (Å²) in [6.45, 7) is 4.02. The van der Waals surface area contributed by atoms with Crippen molar-refractivity contribution in [3.05, 3.63) is 66.2 Å². The Morgan fingerprint density at radius 2 is 1.82 bits per heavy atom. The van der Waals surface area contributed by atoms with Gasteiger partial charge in [-0.2, -0.15) is 4.98 Å². The first-order valence-electron chi connectivity index (χ1n) is 10.1. The third kappa shape index (κ3) is 4.65. The number of nitrogens with zero attached hydrogens (tertiary/aromatic N) is 4. The first-order chi connectivity index (χ1) is 16.0. The number of hydrogen-bond acceptors (Lipinski definition) is 8. The average molecular weight is 465 g/mol. The van der Waals surface area contributed by atoms with Crippen molar-refractivity contribution in [1.82, 2.24) is 9.97 Å². The van der Waals surface area contributed by atoms with E-state index in [2.05, 4.69) is 26.6 Å². The number of ether oxygens (including phenoxy) is 2. The third-order valence-electron chi connectivity index (χ3n) is 5.08. The molecule has 0 saturated heterocycles. The first kappa shape index (κ1) is 22.3. The number of aromatic nitrogens is 2. The number of carbonyl (C=O) groups is 1. The SMILES string of the molecule is C=CSNc1ccccc1Nc1ncc2c(n1)N(C)C(=O)N(c1cc(OC)cc(OC)c1)C2. The highest BCUT2D eigenvalue weighted by molar-refractivity contribution is 8.03. The average Bonchev–Trinajstić information content (AvgIpc) is 2.85. The van der Waals surface area contributed by atoms with E-state index in [1.54, 1.807) is 56.0 Å². The van der Waals surface area contributed by atoms with Crippen molar-refractivity contribution in [3.63, 3.8) is 0 Å². The van der Waals surface area contributed by atoms with Gasteiger partial charge >= 0.3 is 6.03 Å². The van der Waals surface area contributed by atoms with Crippen molar-refractivity contribution in [3.8, 4) is 11.5 Å². The van der Waals surface area contributed by atoms with Crippen LogP contribution in [0.1, 0.15) is 5.56 Å². The molecule has 0 unspecified atom stereocenters. The van der Waals surface area contributed by atoms with E-state index < -0.39 is 0 Å². The fourth-order valence-corrected chi connectivity index (χ4v) is 3.81. The fraction of sp³-hybridized carbons (Fsp3) is 0.174. The highest BCUT2D eigenvalue weighted by atomic mass is 32.2. The summed E-state index contributed by atoms with van der Waals surface area (Å²) in [4.78, 5) is 25.4. The summed E-state index contributed by atoms with van der Waals surface area (Å²) in [7, 11) is 4.84. The van der Waals surface area contributed by atoms with Crippen molar-refractivity contribution < 1.29 is 14.3 Å². The van der Waals surface area contributed by atoms with Gasteiger partial charge in [0.05, 0.1) is 37.8 Å². The molecule has 0 aliphatic carbocycles. The molecule has 33 heavy (non-hydrogen) atoms. The van der Waals surface area contributed by atoms with Crippen molar-refractivity contribution in [2.75, 3.05) is 41.1 Å². The summed E-state index contributed by atoms with van der Waals surface area (Å²) < 4.78 is 13.9. The number of rotatable bonds is 8. The van der Waals surface area contributed by atoms with E-state index in [4.69, 9.17) is 9.47 Å². The molecule has 3 aromatic rings. The smallest absolute Gasteiger partial charge is 0.330 e. The molecule has 10 heteroatoms. The summed E-state index contributed by atoms with van der Waals surface area (Å²) in [6, 6.07) is 12.8. The number of benzene rings is 2. The Balaban J connectivity index is 1.62. The lowest BCUT2D eigenvalue weighted by atomic mass is 10.2. The van der Waals surface area contributed by atoms with E-state index in [0.29, 0.717) is 35.5 Å². The van der Waals surface area contributed by atoms with E-state index in [-0.39, 0.29) is 6.03 Å². The van der Waals surface area contributed by atoms with Gasteiger partial charge in [0.1, 0.15) is 17.3 Å². The maximum absolute atomic E-state index is 13.2. The number of anilines is 5. The van der Waals surface area contributed by atoms with Gasteiger partial charge in [-0.05, 0) is 29.5 Å². The molecular weight excluding hydrogens is 440 g/mol. The Hall–Kier alpha value is -3.92. The van der Waals surface area contributed by atoms with Crippen molar-refractivity contribution in [2.24, 2.45) is 0 Å². The number of nitrogens with one attached hydrogen (secondary N) is 2. The maximum Gasteiger partial charge on any atom is 0.330 e. The zero-order valence-electron chi connectivity index (χ0n) is 18.5. The molecule has 1 aliphatic rings. The van der Waals surface area contributed by atoms with Gasteiger partial charge in [-0.25, -0.2) is 9.78 Å². The van der Waals surface area contributed by atoms with Gasteiger partial charge < -0.3 is 19.5 Å². The van der Waals surface area contributed by atoms with Crippen LogP contribution >= 0.6 is 11.9 Å². The van der Waals surface area contributed by atoms with Gasteiger partial charge in [-0.15, -0.1) is 0 Å². The van der Waals surface area contributed by atoms with E-state index >= 15 is 0 Å². The molecule has 0 fully saturated rings. The zero-order valence-corrected chi connectivity index (χ0v) is 19.3. The Morgan fingerprint density at radius 3 is 2.48 bits per heavy atom. The van der Waals surface area contributed by atoms with E-state index in [9.17, 15) is 4.79 Å². The lowest BCUT2D eigenvalue weighted by Gasteiger charge is -2.34. The van der Waals surface area contributed by atoms with Crippen molar-refractivity contribution in [2.45, 2.75) is 6.54 Å². The monoisotopic (exact) mass is 464 g/mol. The summed E-state index contributed by atoms with van der Waals surface area (Å²) in [5.74, 6) is 2.14. The second-order valence-corrected chi connectivity index (χ2v) is 7.87. The van der Waals surface area contributed by atoms with E-state index in [1.807, 2.05) is 24.3 Å². The molecule has 0 bridgehead atoms. The van der Waals surface area contributed by atoms with Gasteiger partial charge in [-0.1, -0.05) is 18.7 Å². The van der Waals surface area contributed by atoms with Crippen LogP contribution in [0.5, 0.6) is 11.5 Å². The molecule has 170 valence electrons. The van der Waals surface area contributed by atoms with Gasteiger partial charge in [0.25, 0.3) is 0 Å². The van der Waals surface area contributed by atoms with Gasteiger partial charge in [0.2, 0.25) is 5.95 Å². The van der Waals surface area contributed by atoms with Crippen molar-refractivity contribution >= 4 is 46.8 Å². The summed E-state index contributed by atoms with van der Waals surface area (Å²) >= 11 is 1.37. The van der Waals surface area contributed by atoms with E-state index in [1.165, 1.54) is 16.8 Å². The highest BCUT2D eigenvalue weighted by Crippen LogP contribution is 2.35. The molecule has 1 aromatic heterocycles. The third-order valence-corrected chi connectivity index (χ3v) is 5.58. The topological polar surface area (TPSA) is 91.9 Å². The van der Waals surface area contributed by atoms with Crippen LogP contribution in [0.15, 0.2) is 60.6 Å². The van der Waals surface area contributed by atoms with Crippen LogP contribution in [-0.4, -0.2) is 37.3 Å². The number of fused-ring (bicyclic) bond motifs is 1. The predicted molar refractivity (Wildman–Crippen MR) is 133 cm³/mol. The normalized spacial score (nSPS) is 12.8. The molecule has 1 aliphatic heterocycles. The Bertz CT molecular complexity index is 1170. The molecule has 0 atom stereocenters. The molecule has 4 rings (SSSR count). The zero-order chi connectivity index (χ0) is 23.4. The molecule has 2 N–H and O–H groups in total. The van der Waals surface area contributed by atoms with Crippen molar-refractivity contribution in [1.29, 1.82) is 0 Å². The molecule has 9 nitrogen and oxygen atoms in total. The number of para-hydroxylation sites is 2. The number of carbonyl (C=O) groups excluding carboxylic acids is 1. The molecule has 2 amide bonds. The minimum atomic E-state index is -0.216. The van der Waals surface area contributed by atoms with Crippen LogP contribution < -0.4 is 29.3 Å². The molecule has 2 aromatic carbocycles. The van der Waals surface area contributed by atoms with Crippen LogP contribution in [0.4, 0.5) is 33.6 Å². The van der Waals surface area contributed by atoms with Crippen LogP contribution in [0, 0.1) is 0 Å². The number of hydrogen-bond donors (Lipinski definition) is 2. The minimum Gasteiger partial charge on any atom is -0.497 e. The lowest BCUT2D eigenvalue weighted by molar-refractivity contribution is 0.251. The summed E-state index contributed by atoms with van der Waals surface area (Å²) in [5.41, 5.74) is 3.15. The largest absolute Gasteiger partial charge is 0.497 e. The van der Waals surface area contributed by atoms with Crippen LogP contribution in [0.25, 0.3) is 0 Å². The second-order valence-electron chi connectivity index (χ2n) is 7.10. The number of urea groups is 1. The first-order valence-corrected chi connectivity index (χ1v) is 10.9. The number of amides is 2. The number of methoxy groups -OCH3 is 2. The summed E-state index contributed by atoms with van der Waals surface area (Å²) in [6.07, 6.45) is 1.73. The Morgan fingerprint density at radius 1 is 1.12 bits per heavy atom. The Kier molecular flexibility index (Phi) is 6.55. The molecule has 0 radical (unpaired) electrons.